The van der Waals surface area contributed by atoms with E-state index in [1.165, 1.54) is 0 Å². The van der Waals surface area contributed by atoms with Gasteiger partial charge in [0.15, 0.2) is 0 Å². The van der Waals surface area contributed by atoms with Crippen LogP contribution < -0.4 is 11.5 Å². The van der Waals surface area contributed by atoms with Crippen LogP contribution in [0.3, 0.4) is 0 Å². The fraction of sp³-hybridized carbons (Fsp3) is 0.846. The molecule has 0 saturated heterocycles. The van der Waals surface area contributed by atoms with Gasteiger partial charge in [-0.05, 0) is 48.0 Å². The number of rotatable bonds is 4. The lowest BCUT2D eigenvalue weighted by Crippen LogP contribution is -2.45. The van der Waals surface area contributed by atoms with Crippen LogP contribution in [0.5, 0.6) is 0 Å². The molecule has 0 amide bonds. The molecule has 0 heterocycles. The van der Waals surface area contributed by atoms with Gasteiger partial charge in [0.2, 0.25) is 0 Å². The summed E-state index contributed by atoms with van der Waals surface area (Å²) in [7, 11) is 0. The van der Waals surface area contributed by atoms with Crippen molar-refractivity contribution in [3.63, 3.8) is 0 Å². The van der Waals surface area contributed by atoms with Gasteiger partial charge in [-0.15, -0.1) is 12.4 Å². The number of carbonyl (C=O) groups excluding carboxylic acids is 2. The Labute approximate surface area is 127 Å². The molecule has 0 aromatic heterocycles. The van der Waals surface area contributed by atoms with E-state index in [4.69, 9.17) is 20.9 Å². The quantitative estimate of drug-likeness (QED) is 0.754. The van der Waals surface area contributed by atoms with Gasteiger partial charge in [-0.2, -0.15) is 0 Å². The highest BCUT2D eigenvalue weighted by molar-refractivity contribution is 5.85. The average Bonchev–Trinajstić information content (AvgIpc) is 2.11. The molecule has 0 fully saturated rings. The minimum atomic E-state index is -0.943. The largest absolute Gasteiger partial charge is 0.459 e. The van der Waals surface area contributed by atoms with Crippen molar-refractivity contribution >= 4 is 24.3 Å². The number of halogens is 1. The molecule has 7 heteroatoms. The van der Waals surface area contributed by atoms with Gasteiger partial charge in [-0.1, -0.05) is 0 Å². The molecule has 120 valence electrons. The highest BCUT2D eigenvalue weighted by Crippen LogP contribution is 2.12. The molecule has 4 N–H and O–H groups in total. The maximum absolute atomic E-state index is 11.6. The monoisotopic (exact) mass is 310 g/mol. The molecule has 0 aromatic carbocycles. The van der Waals surface area contributed by atoms with Crippen LogP contribution in [0.1, 0.15) is 48.0 Å². The van der Waals surface area contributed by atoms with Crippen molar-refractivity contribution in [2.45, 2.75) is 71.2 Å². The molecule has 20 heavy (non-hydrogen) atoms. The first-order valence-electron chi connectivity index (χ1n) is 6.29. The predicted octanol–water partition coefficient (Wildman–Crippen LogP) is 1.14. The van der Waals surface area contributed by atoms with Crippen LogP contribution in [-0.2, 0) is 19.1 Å². The highest BCUT2D eigenvalue weighted by Gasteiger charge is 2.28. The van der Waals surface area contributed by atoms with E-state index in [1.807, 2.05) is 0 Å². The Hall–Kier alpha value is -0.850. The van der Waals surface area contributed by atoms with Crippen LogP contribution in [0.2, 0.25) is 0 Å². The normalized spacial score (nSPS) is 14.8. The maximum Gasteiger partial charge on any atom is 0.323 e. The lowest BCUT2D eigenvalue weighted by Gasteiger charge is -2.25. The zero-order valence-electron chi connectivity index (χ0n) is 13.1. The van der Waals surface area contributed by atoms with Gasteiger partial charge < -0.3 is 20.9 Å². The third-order valence-corrected chi connectivity index (χ3v) is 1.93. The first kappa shape index (κ1) is 21.4. The van der Waals surface area contributed by atoms with Crippen molar-refractivity contribution in [2.75, 3.05) is 0 Å². The third kappa shape index (κ3) is 10.00. The van der Waals surface area contributed by atoms with E-state index < -0.39 is 35.2 Å². The molecule has 0 rings (SSSR count). The second-order valence-electron chi connectivity index (χ2n) is 6.52. The van der Waals surface area contributed by atoms with Gasteiger partial charge in [0, 0.05) is 0 Å². The lowest BCUT2D eigenvalue weighted by molar-refractivity contribution is -0.159. The van der Waals surface area contributed by atoms with E-state index in [-0.39, 0.29) is 18.8 Å². The number of ether oxygens (including phenoxy) is 2. The lowest BCUT2D eigenvalue weighted by atomic mass is 10.1. The molecule has 0 aromatic rings. The van der Waals surface area contributed by atoms with Crippen LogP contribution >= 0.6 is 12.4 Å². The summed E-state index contributed by atoms with van der Waals surface area (Å²) in [6.45, 7) is 10.4. The predicted molar refractivity (Wildman–Crippen MR) is 79.5 cm³/mol. The van der Waals surface area contributed by atoms with Crippen molar-refractivity contribution in [2.24, 2.45) is 11.5 Å². The Bertz CT molecular complexity index is 302. The number of nitrogens with two attached hydrogens (primary N) is 2. The molecular weight excluding hydrogens is 284 g/mol. The van der Waals surface area contributed by atoms with Crippen molar-refractivity contribution in [1.29, 1.82) is 0 Å². The van der Waals surface area contributed by atoms with E-state index in [1.54, 1.807) is 41.5 Å². The Morgan fingerprint density at radius 1 is 0.850 bits per heavy atom. The summed E-state index contributed by atoms with van der Waals surface area (Å²) < 4.78 is 10.2. The summed E-state index contributed by atoms with van der Waals surface area (Å²) in [4.78, 5) is 23.3. The first-order valence-corrected chi connectivity index (χ1v) is 6.29. The van der Waals surface area contributed by atoms with E-state index in [9.17, 15) is 9.59 Å². The molecule has 2 unspecified atom stereocenters. The van der Waals surface area contributed by atoms with Crippen molar-refractivity contribution < 1.29 is 19.1 Å². The van der Waals surface area contributed by atoms with E-state index in [0.717, 1.165) is 0 Å². The number of hydrogen-bond acceptors (Lipinski definition) is 6. The highest BCUT2D eigenvalue weighted by atomic mass is 35.5. The molecule has 0 aliphatic carbocycles. The summed E-state index contributed by atoms with van der Waals surface area (Å²) in [5.74, 6) is -1.15. The molecule has 0 aliphatic rings. The van der Waals surface area contributed by atoms with Crippen molar-refractivity contribution in [1.82, 2.24) is 0 Å². The molecule has 0 spiro atoms. The number of hydrogen-bond donors (Lipinski definition) is 2. The minimum absolute atomic E-state index is 0. The topological polar surface area (TPSA) is 105 Å². The summed E-state index contributed by atoms with van der Waals surface area (Å²) in [5, 5.41) is 0. The molecule has 0 radical (unpaired) electrons. The molecule has 2 atom stereocenters. The van der Waals surface area contributed by atoms with Gasteiger partial charge in [0.1, 0.15) is 23.3 Å². The van der Waals surface area contributed by atoms with Crippen LogP contribution in [0, 0.1) is 0 Å². The minimum Gasteiger partial charge on any atom is -0.459 e. The second-order valence-corrected chi connectivity index (χ2v) is 6.52. The zero-order valence-corrected chi connectivity index (χ0v) is 13.9. The summed E-state index contributed by atoms with van der Waals surface area (Å²) in [5.41, 5.74) is 10.1. The fourth-order valence-electron chi connectivity index (χ4n) is 1.22. The van der Waals surface area contributed by atoms with Gasteiger partial charge in [-0.25, -0.2) is 0 Å². The van der Waals surface area contributed by atoms with Crippen LogP contribution in [-0.4, -0.2) is 35.2 Å². The van der Waals surface area contributed by atoms with Gasteiger partial charge in [-0.3, -0.25) is 9.59 Å². The Morgan fingerprint density at radius 3 is 1.30 bits per heavy atom. The zero-order chi connectivity index (χ0) is 15.4. The SMILES string of the molecule is CC(C)(C)OC(=O)C(N)CC(N)C(=O)OC(C)(C)C.Cl. The van der Waals surface area contributed by atoms with E-state index in [2.05, 4.69) is 0 Å². The summed E-state index contributed by atoms with van der Waals surface area (Å²) in [6, 6.07) is -1.89. The summed E-state index contributed by atoms with van der Waals surface area (Å²) >= 11 is 0. The average molecular weight is 311 g/mol. The molecular formula is C13H27ClN2O4. The van der Waals surface area contributed by atoms with Crippen LogP contribution in [0.25, 0.3) is 0 Å². The van der Waals surface area contributed by atoms with Gasteiger partial charge >= 0.3 is 11.9 Å². The maximum atomic E-state index is 11.6. The van der Waals surface area contributed by atoms with Crippen LogP contribution in [0.4, 0.5) is 0 Å². The molecule has 0 saturated carbocycles. The molecule has 0 bridgehead atoms. The van der Waals surface area contributed by atoms with Crippen molar-refractivity contribution in [3.8, 4) is 0 Å². The standard InChI is InChI=1S/C13H26N2O4.ClH/c1-12(2,3)18-10(16)8(14)7-9(15)11(17)19-13(4,5)6;/h8-9H,7,14-15H2,1-6H3;1H. The third-order valence-electron chi connectivity index (χ3n) is 1.93. The second kappa shape index (κ2) is 7.81. The first-order chi connectivity index (χ1) is 8.32. The van der Waals surface area contributed by atoms with Gasteiger partial charge in [0.25, 0.3) is 0 Å². The molecule has 6 nitrogen and oxygen atoms in total. The Kier molecular flexibility index (Phi) is 8.37. The number of esters is 2. The van der Waals surface area contributed by atoms with Crippen molar-refractivity contribution in [3.05, 3.63) is 0 Å². The smallest absolute Gasteiger partial charge is 0.323 e. The van der Waals surface area contributed by atoms with E-state index >= 15 is 0 Å². The fourth-order valence-corrected chi connectivity index (χ4v) is 1.22. The molecule has 0 aliphatic heterocycles. The van der Waals surface area contributed by atoms with Crippen LogP contribution in [0.15, 0.2) is 0 Å². The number of carbonyl (C=O) groups is 2. The van der Waals surface area contributed by atoms with E-state index in [0.29, 0.717) is 0 Å². The summed E-state index contributed by atoms with van der Waals surface area (Å²) in [6.07, 6.45) is -0.0101. The van der Waals surface area contributed by atoms with Gasteiger partial charge in [0.05, 0.1) is 0 Å². The Balaban J connectivity index is 0. The Morgan fingerprint density at radius 2 is 1.10 bits per heavy atom.